The molecule has 38 heavy (non-hydrogen) atoms. The Morgan fingerprint density at radius 3 is 2.74 bits per heavy atom. The number of fused-ring (bicyclic) bond motifs is 4. The molecule has 8 heteroatoms. The molecule has 0 aliphatic carbocycles. The molecule has 1 N–H and O–H groups in total. The molecule has 0 spiro atoms. The van der Waals surface area contributed by atoms with Crippen LogP contribution in [0.3, 0.4) is 0 Å². The number of aromatic nitrogens is 2. The Kier molecular flexibility index (Phi) is 5.90. The summed E-state index contributed by atoms with van der Waals surface area (Å²) in [6.07, 6.45) is 2.47. The van der Waals surface area contributed by atoms with E-state index in [9.17, 15) is 9.90 Å². The topological polar surface area (TPSA) is 83.4 Å². The van der Waals surface area contributed by atoms with Crippen molar-refractivity contribution in [3.8, 4) is 0 Å². The molecule has 8 nitrogen and oxygen atoms in total. The summed E-state index contributed by atoms with van der Waals surface area (Å²) in [7, 11) is 0. The first kappa shape index (κ1) is 25.1. The van der Waals surface area contributed by atoms with Crippen LogP contribution < -0.4 is 0 Å². The fourth-order valence-electron chi connectivity index (χ4n) is 5.81. The van der Waals surface area contributed by atoms with Crippen molar-refractivity contribution in [2.45, 2.75) is 77.8 Å². The van der Waals surface area contributed by atoms with Gasteiger partial charge in [0, 0.05) is 25.2 Å². The van der Waals surface area contributed by atoms with Crippen molar-refractivity contribution in [1.82, 2.24) is 19.4 Å². The van der Waals surface area contributed by atoms with Gasteiger partial charge in [0.2, 0.25) is 0 Å². The summed E-state index contributed by atoms with van der Waals surface area (Å²) in [5, 5.41) is 11.6. The van der Waals surface area contributed by atoms with E-state index in [1.165, 1.54) is 5.57 Å². The number of nitrogens with zero attached hydrogens (tertiary/aromatic N) is 4. The Hall–Kier alpha value is -3.20. The molecular formula is C30H36N4O4. The van der Waals surface area contributed by atoms with Crippen molar-refractivity contribution < 1.29 is 19.4 Å². The Morgan fingerprint density at radius 2 is 2.03 bits per heavy atom. The van der Waals surface area contributed by atoms with Gasteiger partial charge in [0.25, 0.3) is 0 Å². The zero-order valence-corrected chi connectivity index (χ0v) is 22.8. The minimum Gasteiger partial charge on any atom is -0.444 e. The molecule has 0 radical (unpaired) electrons. The lowest BCUT2D eigenvalue weighted by atomic mass is 9.90. The van der Waals surface area contributed by atoms with Gasteiger partial charge in [0.1, 0.15) is 29.5 Å². The summed E-state index contributed by atoms with van der Waals surface area (Å²) >= 11 is 0. The third-order valence-corrected chi connectivity index (χ3v) is 7.80. The van der Waals surface area contributed by atoms with E-state index in [-0.39, 0.29) is 18.4 Å². The number of benzene rings is 2. The van der Waals surface area contributed by atoms with Crippen LogP contribution in [-0.2, 0) is 28.3 Å². The molecule has 1 saturated heterocycles. The Balaban J connectivity index is 1.25. The number of carbonyl (C=O) groups is 1. The number of epoxide rings is 1. The number of amides is 1. The van der Waals surface area contributed by atoms with E-state index in [4.69, 9.17) is 14.5 Å². The van der Waals surface area contributed by atoms with Crippen LogP contribution in [0.4, 0.5) is 4.79 Å². The molecule has 4 heterocycles. The predicted octanol–water partition coefficient (Wildman–Crippen LogP) is 5.16. The number of aryl methyl sites for hydroxylation is 1. The van der Waals surface area contributed by atoms with Gasteiger partial charge in [-0.05, 0) is 69.9 Å². The second-order valence-electron chi connectivity index (χ2n) is 11.6. The van der Waals surface area contributed by atoms with Crippen molar-refractivity contribution in [2.75, 3.05) is 13.1 Å². The maximum absolute atomic E-state index is 12.5. The lowest BCUT2D eigenvalue weighted by Crippen LogP contribution is -2.48. The Bertz CT molecular complexity index is 1430. The molecule has 1 fully saturated rings. The molecular weight excluding hydrogens is 480 g/mol. The first-order valence-corrected chi connectivity index (χ1v) is 13.5. The van der Waals surface area contributed by atoms with Crippen LogP contribution in [0, 0.1) is 0 Å². The molecule has 1 amide bonds. The smallest absolute Gasteiger partial charge is 0.410 e. The van der Waals surface area contributed by atoms with E-state index in [2.05, 4.69) is 35.8 Å². The third kappa shape index (κ3) is 4.30. The zero-order chi connectivity index (χ0) is 26.8. The largest absolute Gasteiger partial charge is 0.444 e. The quantitative estimate of drug-likeness (QED) is 0.483. The lowest BCUT2D eigenvalue weighted by Gasteiger charge is -2.39. The molecule has 1 aromatic heterocycles. The average molecular weight is 517 g/mol. The van der Waals surface area contributed by atoms with Crippen LogP contribution in [0.25, 0.3) is 16.6 Å². The minimum absolute atomic E-state index is 0.00373. The molecule has 3 unspecified atom stereocenters. The third-order valence-electron chi connectivity index (χ3n) is 7.80. The standard InChI is InChI=1S/C30H36N4O4/c1-6-33-24-17-20(19-13-15-32(16-14-19)28(35)38-29(2,3)4)11-12-23(24)31-25(33)18-34-27-26(37-27)21-9-7-8-10-22(21)30(34,5)36/h7-13,17,26-27,36H,6,14-16,18H2,1-5H3. The fourth-order valence-corrected chi connectivity index (χ4v) is 5.81. The molecule has 200 valence electrons. The summed E-state index contributed by atoms with van der Waals surface area (Å²) in [5.74, 6) is 0.905. The summed E-state index contributed by atoms with van der Waals surface area (Å²) in [5.41, 5.74) is 4.68. The maximum atomic E-state index is 12.5. The summed E-state index contributed by atoms with van der Waals surface area (Å²) < 4.78 is 13.8. The number of imidazole rings is 1. The Morgan fingerprint density at radius 1 is 1.24 bits per heavy atom. The first-order valence-electron chi connectivity index (χ1n) is 13.5. The van der Waals surface area contributed by atoms with E-state index >= 15 is 0 Å². The molecule has 3 aliphatic rings. The molecule has 3 aliphatic heterocycles. The van der Waals surface area contributed by atoms with Gasteiger partial charge in [-0.3, -0.25) is 0 Å². The molecule has 2 aromatic carbocycles. The highest BCUT2D eigenvalue weighted by molar-refractivity contribution is 5.82. The highest BCUT2D eigenvalue weighted by Gasteiger charge is 2.57. The van der Waals surface area contributed by atoms with E-state index in [0.717, 1.165) is 46.5 Å². The van der Waals surface area contributed by atoms with Gasteiger partial charge >= 0.3 is 6.09 Å². The Labute approximate surface area is 223 Å². The van der Waals surface area contributed by atoms with Crippen LogP contribution in [0.1, 0.15) is 69.7 Å². The molecule has 3 aromatic rings. The number of hydrogen-bond acceptors (Lipinski definition) is 6. The van der Waals surface area contributed by atoms with Crippen molar-refractivity contribution in [3.63, 3.8) is 0 Å². The number of hydrogen-bond donors (Lipinski definition) is 1. The molecule has 0 saturated carbocycles. The number of aliphatic hydroxyl groups is 1. The normalized spacial score (nSPS) is 25.1. The van der Waals surface area contributed by atoms with Crippen molar-refractivity contribution in [1.29, 1.82) is 0 Å². The average Bonchev–Trinajstić information content (AvgIpc) is 3.60. The minimum atomic E-state index is -1.15. The highest BCUT2D eigenvalue weighted by atomic mass is 16.6. The van der Waals surface area contributed by atoms with Gasteiger partial charge in [-0.2, -0.15) is 0 Å². The fraction of sp³-hybridized carbons (Fsp3) is 0.467. The summed E-state index contributed by atoms with van der Waals surface area (Å²) in [6, 6.07) is 14.4. The monoisotopic (exact) mass is 516 g/mol. The molecule has 0 bridgehead atoms. The van der Waals surface area contributed by atoms with Crippen LogP contribution >= 0.6 is 0 Å². The van der Waals surface area contributed by atoms with E-state index in [0.29, 0.717) is 19.6 Å². The molecule has 6 rings (SSSR count). The van der Waals surface area contributed by atoms with E-state index < -0.39 is 11.3 Å². The van der Waals surface area contributed by atoms with Gasteiger partial charge in [-0.15, -0.1) is 0 Å². The number of carbonyl (C=O) groups excluding carboxylic acids is 1. The predicted molar refractivity (Wildman–Crippen MR) is 145 cm³/mol. The van der Waals surface area contributed by atoms with E-state index in [1.807, 2.05) is 56.9 Å². The number of ether oxygens (including phenoxy) is 2. The number of rotatable bonds is 4. The van der Waals surface area contributed by atoms with Crippen LogP contribution in [-0.4, -0.2) is 55.5 Å². The highest BCUT2D eigenvalue weighted by Crippen LogP contribution is 2.53. The zero-order valence-electron chi connectivity index (χ0n) is 22.8. The molecule has 3 atom stereocenters. The second-order valence-corrected chi connectivity index (χ2v) is 11.6. The van der Waals surface area contributed by atoms with Gasteiger partial charge in [0.15, 0.2) is 0 Å². The van der Waals surface area contributed by atoms with Crippen LogP contribution in [0.15, 0.2) is 48.5 Å². The van der Waals surface area contributed by atoms with Crippen molar-refractivity contribution >= 4 is 22.7 Å². The summed E-state index contributed by atoms with van der Waals surface area (Å²) in [4.78, 5) is 21.2. The van der Waals surface area contributed by atoms with Gasteiger partial charge in [-0.25, -0.2) is 14.7 Å². The van der Waals surface area contributed by atoms with Crippen molar-refractivity contribution in [3.05, 3.63) is 71.1 Å². The van der Waals surface area contributed by atoms with Gasteiger partial charge in [-0.1, -0.05) is 36.4 Å². The van der Waals surface area contributed by atoms with Gasteiger partial charge in [0.05, 0.1) is 17.6 Å². The van der Waals surface area contributed by atoms with E-state index in [1.54, 1.807) is 4.90 Å². The maximum Gasteiger partial charge on any atom is 0.410 e. The van der Waals surface area contributed by atoms with Crippen molar-refractivity contribution in [2.24, 2.45) is 0 Å². The first-order chi connectivity index (χ1) is 18.1. The summed E-state index contributed by atoms with van der Waals surface area (Å²) in [6.45, 7) is 12.0. The van der Waals surface area contributed by atoms with Crippen LogP contribution in [0.2, 0.25) is 0 Å². The van der Waals surface area contributed by atoms with Crippen LogP contribution in [0.5, 0.6) is 0 Å². The lowest BCUT2D eigenvalue weighted by molar-refractivity contribution is -0.131. The van der Waals surface area contributed by atoms with Gasteiger partial charge < -0.3 is 24.0 Å². The second kappa shape index (κ2) is 8.93. The SMILES string of the molecule is CCn1c(CN2C3OC3c3ccccc3C2(C)O)nc2ccc(C3=CCN(C(=O)OC(C)(C)C)CC3)cc21.